The van der Waals surface area contributed by atoms with E-state index in [2.05, 4.69) is 10.3 Å². The molecule has 1 N–H and O–H groups in total. The van der Waals surface area contributed by atoms with Crippen LogP contribution >= 0.6 is 0 Å². The van der Waals surface area contributed by atoms with Crippen LogP contribution in [-0.4, -0.2) is 51.0 Å². The number of hydrogen-bond acceptors (Lipinski definition) is 4. The summed E-state index contributed by atoms with van der Waals surface area (Å²) in [6.45, 7) is 1.34. The molecule has 0 bridgehead atoms. The smallest absolute Gasteiger partial charge is 0.358 e. The molecule has 18 heavy (non-hydrogen) atoms. The number of hydrogen-bond donors (Lipinski definition) is 1. The molecule has 9 heteroatoms. The summed E-state index contributed by atoms with van der Waals surface area (Å²) in [7, 11) is 2.91. The number of carbonyl (C=O) groups excluding carboxylic acids is 1. The van der Waals surface area contributed by atoms with Gasteiger partial charge in [0.1, 0.15) is 11.7 Å². The lowest BCUT2D eigenvalue weighted by molar-refractivity contribution is -0.132. The third-order valence-electron chi connectivity index (χ3n) is 2.30. The van der Waals surface area contributed by atoms with E-state index in [1.807, 2.05) is 0 Å². The number of halogens is 2. The quantitative estimate of drug-likeness (QED) is 0.856. The number of nitrogens with zero attached hydrogens (tertiary/aromatic N) is 4. The van der Waals surface area contributed by atoms with Crippen molar-refractivity contribution in [1.29, 1.82) is 0 Å². The lowest BCUT2D eigenvalue weighted by Gasteiger charge is -2.18. The van der Waals surface area contributed by atoms with Gasteiger partial charge in [-0.05, 0) is 6.92 Å². The lowest BCUT2D eigenvalue weighted by atomic mass is 10.2. The molecular formula is C9H12F2N4O3. The minimum atomic E-state index is -3.08. The molecule has 1 rings (SSSR count). The molecule has 1 aromatic heterocycles. The van der Waals surface area contributed by atoms with E-state index in [0.29, 0.717) is 4.68 Å². The highest BCUT2D eigenvalue weighted by molar-refractivity contribution is 5.87. The van der Waals surface area contributed by atoms with Gasteiger partial charge in [0, 0.05) is 14.1 Å². The first kappa shape index (κ1) is 14.0. The SMILES string of the molecule is CC(C(=O)N(C)C)n1nnc(C(=O)O)c1C(F)F. The monoisotopic (exact) mass is 262 g/mol. The number of carboxylic acids is 1. The molecule has 1 aromatic rings. The molecule has 1 atom stereocenters. The van der Waals surface area contributed by atoms with Crippen LogP contribution in [0.1, 0.15) is 35.6 Å². The molecule has 0 fully saturated rings. The highest BCUT2D eigenvalue weighted by Gasteiger charge is 2.31. The Morgan fingerprint density at radius 2 is 1.94 bits per heavy atom. The third-order valence-corrected chi connectivity index (χ3v) is 2.30. The van der Waals surface area contributed by atoms with Crippen molar-refractivity contribution in [1.82, 2.24) is 19.9 Å². The van der Waals surface area contributed by atoms with E-state index in [1.165, 1.54) is 25.9 Å². The Bertz CT molecular complexity index is 472. The van der Waals surface area contributed by atoms with Gasteiger partial charge in [-0.15, -0.1) is 5.10 Å². The maximum Gasteiger partial charge on any atom is 0.358 e. The summed E-state index contributed by atoms with van der Waals surface area (Å²) in [5, 5.41) is 15.2. The second kappa shape index (κ2) is 5.07. The maximum atomic E-state index is 12.8. The second-order valence-electron chi connectivity index (χ2n) is 3.78. The van der Waals surface area contributed by atoms with Crippen LogP contribution in [0, 0.1) is 0 Å². The molecule has 0 radical (unpaired) electrons. The molecular weight excluding hydrogens is 250 g/mol. The summed E-state index contributed by atoms with van der Waals surface area (Å²) in [5.41, 5.74) is -1.71. The number of alkyl halides is 2. The molecule has 0 aromatic carbocycles. The lowest BCUT2D eigenvalue weighted by Crippen LogP contribution is -2.31. The fraction of sp³-hybridized carbons (Fsp3) is 0.556. The predicted octanol–water partition coefficient (Wildman–Crippen LogP) is 0.563. The van der Waals surface area contributed by atoms with Crippen molar-refractivity contribution in [3.05, 3.63) is 11.4 Å². The molecule has 1 unspecified atom stereocenters. The van der Waals surface area contributed by atoms with E-state index in [1.54, 1.807) is 0 Å². The number of aromatic carboxylic acids is 1. The van der Waals surface area contributed by atoms with Gasteiger partial charge in [-0.1, -0.05) is 5.21 Å². The standard InChI is InChI=1S/C9H12F2N4O3/c1-4(8(16)14(2)3)15-6(7(10)11)5(9(17)18)12-13-15/h4,7H,1-3H3,(H,17,18). The second-order valence-corrected chi connectivity index (χ2v) is 3.78. The van der Waals surface area contributed by atoms with Crippen LogP contribution < -0.4 is 0 Å². The number of rotatable bonds is 4. The largest absolute Gasteiger partial charge is 0.476 e. The number of carboxylic acid groups (broad SMARTS) is 1. The van der Waals surface area contributed by atoms with Gasteiger partial charge in [0.15, 0.2) is 5.69 Å². The summed E-state index contributed by atoms with van der Waals surface area (Å²) in [6.07, 6.45) is -3.08. The van der Waals surface area contributed by atoms with E-state index in [0.717, 1.165) is 0 Å². The Labute approximate surface area is 101 Å². The fourth-order valence-electron chi connectivity index (χ4n) is 1.42. The topological polar surface area (TPSA) is 88.3 Å². The van der Waals surface area contributed by atoms with E-state index in [9.17, 15) is 18.4 Å². The normalized spacial score (nSPS) is 12.6. The summed E-state index contributed by atoms with van der Waals surface area (Å²) < 4.78 is 26.3. The van der Waals surface area contributed by atoms with Gasteiger partial charge in [-0.25, -0.2) is 18.3 Å². The Morgan fingerprint density at radius 1 is 1.39 bits per heavy atom. The minimum Gasteiger partial charge on any atom is -0.476 e. The van der Waals surface area contributed by atoms with Crippen LogP contribution in [0.2, 0.25) is 0 Å². The van der Waals surface area contributed by atoms with Gasteiger partial charge >= 0.3 is 5.97 Å². The number of aromatic nitrogens is 3. The maximum absolute atomic E-state index is 12.8. The van der Waals surface area contributed by atoms with Crippen LogP contribution in [0.3, 0.4) is 0 Å². The van der Waals surface area contributed by atoms with Crippen LogP contribution in [0.25, 0.3) is 0 Å². The van der Waals surface area contributed by atoms with Crippen LogP contribution in [-0.2, 0) is 4.79 Å². The van der Waals surface area contributed by atoms with Gasteiger partial charge in [0.25, 0.3) is 6.43 Å². The van der Waals surface area contributed by atoms with Crippen molar-refractivity contribution in [2.75, 3.05) is 14.1 Å². The Balaban J connectivity index is 3.25. The van der Waals surface area contributed by atoms with E-state index in [4.69, 9.17) is 5.11 Å². The molecule has 1 heterocycles. The molecule has 0 spiro atoms. The molecule has 0 aliphatic carbocycles. The Hall–Kier alpha value is -2.06. The molecule has 0 saturated heterocycles. The Morgan fingerprint density at radius 3 is 2.33 bits per heavy atom. The zero-order chi connectivity index (χ0) is 14.0. The minimum absolute atomic E-state index is 0.487. The van der Waals surface area contributed by atoms with Gasteiger partial charge in [-0.2, -0.15) is 0 Å². The van der Waals surface area contributed by atoms with Crippen molar-refractivity contribution in [3.63, 3.8) is 0 Å². The predicted molar refractivity (Wildman–Crippen MR) is 55.3 cm³/mol. The van der Waals surface area contributed by atoms with E-state index in [-0.39, 0.29) is 0 Å². The molecule has 7 nitrogen and oxygen atoms in total. The highest BCUT2D eigenvalue weighted by Crippen LogP contribution is 2.24. The van der Waals surface area contributed by atoms with Gasteiger partial charge < -0.3 is 10.0 Å². The summed E-state index contributed by atoms with van der Waals surface area (Å²) in [6, 6.07) is -1.05. The number of likely N-dealkylation sites (N-methyl/N-ethyl adjacent to an activating group) is 1. The average Bonchev–Trinajstić information content (AvgIpc) is 2.71. The van der Waals surface area contributed by atoms with E-state index < -0.39 is 35.7 Å². The molecule has 100 valence electrons. The van der Waals surface area contributed by atoms with Crippen molar-refractivity contribution in [2.24, 2.45) is 0 Å². The van der Waals surface area contributed by atoms with Crippen LogP contribution in [0.15, 0.2) is 0 Å². The van der Waals surface area contributed by atoms with Gasteiger partial charge in [0.2, 0.25) is 5.91 Å². The average molecular weight is 262 g/mol. The summed E-state index contributed by atoms with van der Waals surface area (Å²) >= 11 is 0. The molecule has 0 aliphatic heterocycles. The number of carbonyl (C=O) groups is 2. The first-order chi connectivity index (χ1) is 8.27. The summed E-state index contributed by atoms with van der Waals surface area (Å²) in [4.78, 5) is 23.6. The van der Waals surface area contributed by atoms with Crippen molar-refractivity contribution < 1.29 is 23.5 Å². The Kier molecular flexibility index (Phi) is 3.94. The van der Waals surface area contributed by atoms with Crippen LogP contribution in [0.5, 0.6) is 0 Å². The fourth-order valence-corrected chi connectivity index (χ4v) is 1.42. The first-order valence-corrected chi connectivity index (χ1v) is 4.95. The summed E-state index contributed by atoms with van der Waals surface area (Å²) in [5.74, 6) is -2.10. The van der Waals surface area contributed by atoms with E-state index >= 15 is 0 Å². The molecule has 0 aliphatic rings. The first-order valence-electron chi connectivity index (χ1n) is 4.95. The van der Waals surface area contributed by atoms with Gasteiger partial charge in [0.05, 0.1) is 0 Å². The van der Waals surface area contributed by atoms with Crippen molar-refractivity contribution in [2.45, 2.75) is 19.4 Å². The zero-order valence-corrected chi connectivity index (χ0v) is 9.96. The van der Waals surface area contributed by atoms with Crippen LogP contribution in [0.4, 0.5) is 8.78 Å². The van der Waals surface area contributed by atoms with Crippen molar-refractivity contribution >= 4 is 11.9 Å². The van der Waals surface area contributed by atoms with Gasteiger partial charge in [-0.3, -0.25) is 4.79 Å². The number of amides is 1. The molecule has 0 saturated carbocycles. The molecule has 1 amide bonds. The third kappa shape index (κ3) is 2.44. The highest BCUT2D eigenvalue weighted by atomic mass is 19.3. The van der Waals surface area contributed by atoms with Crippen molar-refractivity contribution in [3.8, 4) is 0 Å². The zero-order valence-electron chi connectivity index (χ0n) is 9.96.